The highest BCUT2D eigenvalue weighted by molar-refractivity contribution is 6.14. The fourth-order valence-electron chi connectivity index (χ4n) is 9.41. The Labute approximate surface area is 345 Å². The third-order valence-electron chi connectivity index (χ3n) is 12.2. The summed E-state index contributed by atoms with van der Waals surface area (Å²) in [5.74, 6) is 2.92. The largest absolute Gasteiger partial charge is 0.457 e. The molecule has 5 heterocycles. The van der Waals surface area contributed by atoms with Gasteiger partial charge in [0.2, 0.25) is 0 Å². The third kappa shape index (κ3) is 5.87. The maximum absolute atomic E-state index is 6.74. The average molecular weight is 772 g/mol. The summed E-state index contributed by atoms with van der Waals surface area (Å²) in [6.07, 6.45) is 7.77. The van der Waals surface area contributed by atoms with Crippen molar-refractivity contribution < 1.29 is 4.74 Å². The molecule has 0 saturated heterocycles. The van der Waals surface area contributed by atoms with Gasteiger partial charge in [-0.25, -0.2) is 9.97 Å². The molecule has 10 rings (SSSR count). The predicted molar refractivity (Wildman–Crippen MR) is 246 cm³/mol. The van der Waals surface area contributed by atoms with E-state index in [0.717, 1.165) is 66.6 Å². The lowest BCUT2D eigenvalue weighted by atomic mass is 9.84. The van der Waals surface area contributed by atoms with Crippen molar-refractivity contribution in [3.8, 4) is 33.9 Å². The second-order valence-corrected chi connectivity index (χ2v) is 17.3. The molecule has 59 heavy (non-hydrogen) atoms. The van der Waals surface area contributed by atoms with Crippen LogP contribution in [0, 0.1) is 0 Å². The highest BCUT2D eigenvalue weighted by Crippen LogP contribution is 2.43. The quantitative estimate of drug-likeness (QED) is 0.144. The molecule has 0 aliphatic rings. The van der Waals surface area contributed by atoms with Crippen molar-refractivity contribution in [1.29, 1.82) is 0 Å². The van der Waals surface area contributed by atoms with Crippen LogP contribution in [-0.4, -0.2) is 23.8 Å². The van der Waals surface area contributed by atoms with E-state index in [0.29, 0.717) is 23.7 Å². The second kappa shape index (κ2) is 14.1. The zero-order chi connectivity index (χ0) is 40.7. The van der Waals surface area contributed by atoms with Crippen molar-refractivity contribution >= 4 is 54.8 Å². The summed E-state index contributed by atoms with van der Waals surface area (Å²) in [5.41, 5.74) is 15.3. The molecule has 0 unspecified atom stereocenters. The number of rotatable bonds is 8. The van der Waals surface area contributed by atoms with E-state index in [2.05, 4.69) is 161 Å². The van der Waals surface area contributed by atoms with Gasteiger partial charge >= 0.3 is 0 Å². The molecule has 0 saturated carbocycles. The van der Waals surface area contributed by atoms with E-state index >= 15 is 0 Å². The molecule has 10 aromatic rings. The monoisotopic (exact) mass is 771 g/mol. The Morgan fingerprint density at radius 3 is 1.71 bits per heavy atom. The van der Waals surface area contributed by atoms with E-state index in [1.807, 2.05) is 30.7 Å². The fourth-order valence-corrected chi connectivity index (χ4v) is 9.41. The van der Waals surface area contributed by atoms with E-state index in [1.165, 1.54) is 44.3 Å². The second-order valence-electron chi connectivity index (χ2n) is 17.3. The fraction of sp³-hybridized carbons (Fsp3) is 0.226. The topological polar surface area (TPSA) is 56.7 Å². The number of nitrogens with zero attached hydrogens (tertiary/aromatic N) is 5. The molecule has 292 valence electrons. The number of imidazole rings is 2. The van der Waals surface area contributed by atoms with Crippen LogP contribution in [0.3, 0.4) is 0 Å². The van der Waals surface area contributed by atoms with Gasteiger partial charge in [-0.3, -0.25) is 13.8 Å². The smallest absolute Gasteiger partial charge is 0.145 e. The zero-order valence-corrected chi connectivity index (χ0v) is 35.1. The van der Waals surface area contributed by atoms with Crippen molar-refractivity contribution in [1.82, 2.24) is 23.8 Å². The predicted octanol–water partition coefficient (Wildman–Crippen LogP) is 14.6. The summed E-state index contributed by atoms with van der Waals surface area (Å²) in [5, 5.41) is 5.39. The number of hydrogen-bond acceptors (Lipinski definition) is 4. The minimum Gasteiger partial charge on any atom is -0.457 e. The minimum absolute atomic E-state index is 0.335. The van der Waals surface area contributed by atoms with Crippen LogP contribution in [0.1, 0.15) is 101 Å². The molecule has 0 aliphatic carbocycles. The van der Waals surface area contributed by atoms with Crippen molar-refractivity contribution in [2.24, 2.45) is 0 Å². The molecular weight excluding hydrogens is 723 g/mol. The summed E-state index contributed by atoms with van der Waals surface area (Å²) in [4.78, 5) is 14.8. The summed E-state index contributed by atoms with van der Waals surface area (Å²) < 4.78 is 11.3. The number of hydrogen-bond donors (Lipinski definition) is 0. The van der Waals surface area contributed by atoms with Crippen LogP contribution < -0.4 is 4.74 Å². The Bertz CT molecular complexity index is 3220. The molecule has 0 spiro atoms. The van der Waals surface area contributed by atoms with Gasteiger partial charge in [0.15, 0.2) is 0 Å². The summed E-state index contributed by atoms with van der Waals surface area (Å²) >= 11 is 0. The van der Waals surface area contributed by atoms with E-state index in [4.69, 9.17) is 19.7 Å². The Morgan fingerprint density at radius 2 is 1.07 bits per heavy atom. The summed E-state index contributed by atoms with van der Waals surface area (Å²) in [6, 6.07) is 37.4. The first-order valence-electron chi connectivity index (χ1n) is 21.0. The molecule has 0 atom stereocenters. The molecule has 0 fully saturated rings. The Morgan fingerprint density at radius 1 is 0.475 bits per heavy atom. The molecule has 0 N–H and O–H groups in total. The van der Waals surface area contributed by atoms with Crippen LogP contribution in [0.2, 0.25) is 0 Å². The zero-order valence-electron chi connectivity index (χ0n) is 35.1. The van der Waals surface area contributed by atoms with E-state index in [9.17, 15) is 0 Å². The van der Waals surface area contributed by atoms with E-state index < -0.39 is 0 Å². The third-order valence-corrected chi connectivity index (χ3v) is 12.2. The van der Waals surface area contributed by atoms with Gasteiger partial charge < -0.3 is 4.74 Å². The van der Waals surface area contributed by atoms with Gasteiger partial charge in [0, 0.05) is 45.7 Å². The van der Waals surface area contributed by atoms with Crippen LogP contribution in [0.25, 0.3) is 77.2 Å². The Hall–Kier alpha value is -6.53. The maximum Gasteiger partial charge on any atom is 0.145 e. The summed E-state index contributed by atoms with van der Waals surface area (Å²) in [6.45, 7) is 18.4. The van der Waals surface area contributed by atoms with Crippen LogP contribution in [-0.2, 0) is 0 Å². The number of aromatic nitrogens is 5. The van der Waals surface area contributed by atoms with Gasteiger partial charge in [-0.1, -0.05) is 104 Å². The van der Waals surface area contributed by atoms with Crippen molar-refractivity contribution in [3.63, 3.8) is 0 Å². The van der Waals surface area contributed by atoms with Gasteiger partial charge in [0.25, 0.3) is 0 Å². The molecule has 5 aromatic heterocycles. The van der Waals surface area contributed by atoms with Crippen LogP contribution >= 0.6 is 0 Å². The summed E-state index contributed by atoms with van der Waals surface area (Å²) in [7, 11) is 0. The van der Waals surface area contributed by atoms with Crippen LogP contribution in [0.4, 0.5) is 0 Å². The number of ether oxygens (including phenoxy) is 1. The van der Waals surface area contributed by atoms with Crippen molar-refractivity contribution in [2.75, 3.05) is 0 Å². The molecule has 6 heteroatoms. The van der Waals surface area contributed by atoms with Gasteiger partial charge in [-0.2, -0.15) is 0 Å². The van der Waals surface area contributed by atoms with E-state index in [1.54, 1.807) is 0 Å². The molecule has 0 amide bonds. The maximum atomic E-state index is 6.74. The molecular formula is C53H49N5O. The van der Waals surface area contributed by atoms with Crippen LogP contribution in [0.5, 0.6) is 11.5 Å². The first kappa shape index (κ1) is 36.8. The molecule has 5 aromatic carbocycles. The first-order chi connectivity index (χ1) is 28.6. The van der Waals surface area contributed by atoms with Crippen molar-refractivity contribution in [3.05, 3.63) is 150 Å². The standard InChI is InChI=1S/C53H49N5O/c1-30(2)37-12-9-13-38(31(3)4)49(37)34-17-20-42-41-21-18-35(59-36-19-22-43-45(28-36)52-55-24-25-57(52)46-16-11-23-54-51(43)46)27-44(41)53-56-29-48(58(53)47(42)26-34)50-39(32(5)6)14-10-15-40(50)33(7)8/h9-33H,1-8H3. The lowest BCUT2D eigenvalue weighted by Crippen LogP contribution is -2.03. The highest BCUT2D eigenvalue weighted by atomic mass is 16.5. The van der Waals surface area contributed by atoms with Gasteiger partial charge in [-0.05, 0) is 117 Å². The Balaban J connectivity index is 1.22. The molecule has 6 nitrogen and oxygen atoms in total. The number of pyridine rings is 3. The minimum atomic E-state index is 0.335. The normalized spacial score (nSPS) is 12.3. The SMILES string of the molecule is CC(C)c1cccc(C(C)C)c1-c1ccc2c3ccc(Oc4ccc5c(c4)c4nccn4c4cccnc54)cc3c3ncc(-c4c(C(C)C)cccc4C(C)C)n3c2c1. The lowest BCUT2D eigenvalue weighted by molar-refractivity contribution is 0.484. The lowest BCUT2D eigenvalue weighted by Gasteiger charge is -2.22. The van der Waals surface area contributed by atoms with Gasteiger partial charge in [0.1, 0.15) is 22.8 Å². The molecule has 0 aliphatic heterocycles. The Kier molecular flexibility index (Phi) is 8.78. The first-order valence-corrected chi connectivity index (χ1v) is 21.0. The van der Waals surface area contributed by atoms with Gasteiger partial charge in [0.05, 0.1) is 28.4 Å². The highest BCUT2D eigenvalue weighted by Gasteiger charge is 2.23. The molecule has 0 radical (unpaired) electrons. The van der Waals surface area contributed by atoms with E-state index in [-0.39, 0.29) is 0 Å². The number of benzene rings is 5. The van der Waals surface area contributed by atoms with Crippen molar-refractivity contribution in [2.45, 2.75) is 79.1 Å². The van der Waals surface area contributed by atoms with Crippen LogP contribution in [0.15, 0.2) is 128 Å². The number of fused-ring (bicyclic) bond motifs is 12. The molecule has 0 bridgehead atoms. The average Bonchev–Trinajstić information content (AvgIpc) is 3.92. The van der Waals surface area contributed by atoms with Gasteiger partial charge in [-0.15, -0.1) is 0 Å².